The highest BCUT2D eigenvalue weighted by atomic mass is 16.4. The Balaban J connectivity index is 2.20. The average Bonchev–Trinajstić information content (AvgIpc) is 2.78. The topological polar surface area (TPSA) is 52.0 Å². The van der Waals surface area contributed by atoms with Gasteiger partial charge in [0.25, 0.3) is 0 Å². The van der Waals surface area contributed by atoms with Crippen LogP contribution in [0.1, 0.15) is 36.9 Å². The monoisotopic (exact) mass is 244 g/mol. The van der Waals surface area contributed by atoms with Crippen molar-refractivity contribution in [3.8, 4) is 11.3 Å². The maximum atomic E-state index is 5.63. The molecule has 96 valence electrons. The van der Waals surface area contributed by atoms with E-state index in [0.29, 0.717) is 12.4 Å². The molecule has 3 heteroatoms. The second-order valence-electron chi connectivity index (χ2n) is 4.53. The molecular formula is C15H20N2O. The van der Waals surface area contributed by atoms with Crippen molar-refractivity contribution in [2.24, 2.45) is 5.73 Å². The lowest BCUT2D eigenvalue weighted by molar-refractivity contribution is 0.509. The second kappa shape index (κ2) is 5.83. The minimum atomic E-state index is 0.343. The molecule has 2 rings (SSSR count). The van der Waals surface area contributed by atoms with Gasteiger partial charge in [-0.3, -0.25) is 0 Å². The van der Waals surface area contributed by atoms with E-state index in [-0.39, 0.29) is 0 Å². The minimum Gasteiger partial charge on any atom is -0.439 e. The van der Waals surface area contributed by atoms with Gasteiger partial charge in [-0.1, -0.05) is 37.6 Å². The Kier molecular flexibility index (Phi) is 4.15. The Hall–Kier alpha value is -1.61. The molecule has 0 aliphatic carbocycles. The highest BCUT2D eigenvalue weighted by Crippen LogP contribution is 2.25. The molecule has 0 unspecified atom stereocenters. The van der Waals surface area contributed by atoms with E-state index in [1.165, 1.54) is 18.4 Å². The maximum Gasteiger partial charge on any atom is 0.208 e. The molecule has 18 heavy (non-hydrogen) atoms. The van der Waals surface area contributed by atoms with Crippen LogP contribution in [-0.4, -0.2) is 4.98 Å². The first-order chi connectivity index (χ1) is 8.74. The van der Waals surface area contributed by atoms with Crippen LogP contribution >= 0.6 is 0 Å². The molecule has 0 saturated heterocycles. The molecule has 3 nitrogen and oxygen atoms in total. The fourth-order valence-electron chi connectivity index (χ4n) is 2.01. The van der Waals surface area contributed by atoms with Crippen molar-refractivity contribution in [1.29, 1.82) is 0 Å². The molecule has 0 aliphatic rings. The van der Waals surface area contributed by atoms with Crippen LogP contribution < -0.4 is 5.73 Å². The number of nitrogens with two attached hydrogens (primary N) is 1. The molecule has 1 aromatic carbocycles. The summed E-state index contributed by atoms with van der Waals surface area (Å²) in [5, 5.41) is 0. The smallest absolute Gasteiger partial charge is 0.208 e. The van der Waals surface area contributed by atoms with Gasteiger partial charge in [0.2, 0.25) is 5.89 Å². The number of rotatable bonds is 5. The molecule has 2 aromatic rings. The summed E-state index contributed by atoms with van der Waals surface area (Å²) in [6.07, 6.45) is 3.60. The largest absolute Gasteiger partial charge is 0.439 e. The number of aromatic nitrogens is 1. The van der Waals surface area contributed by atoms with Gasteiger partial charge in [0.1, 0.15) is 0 Å². The lowest BCUT2D eigenvalue weighted by Gasteiger charge is -2.02. The summed E-state index contributed by atoms with van der Waals surface area (Å²) in [7, 11) is 0. The fraction of sp³-hybridized carbons (Fsp3) is 0.400. The first kappa shape index (κ1) is 12.8. The zero-order chi connectivity index (χ0) is 13.0. The van der Waals surface area contributed by atoms with Crippen molar-refractivity contribution in [1.82, 2.24) is 4.98 Å². The summed E-state index contributed by atoms with van der Waals surface area (Å²) in [6.45, 7) is 4.50. The molecule has 0 atom stereocenters. The van der Waals surface area contributed by atoms with Crippen molar-refractivity contribution in [3.63, 3.8) is 0 Å². The quantitative estimate of drug-likeness (QED) is 0.876. The van der Waals surface area contributed by atoms with E-state index in [2.05, 4.69) is 36.2 Å². The average molecular weight is 244 g/mol. The molecular weight excluding hydrogens is 224 g/mol. The third-order valence-corrected chi connectivity index (χ3v) is 3.05. The molecule has 0 aliphatic heterocycles. The van der Waals surface area contributed by atoms with Gasteiger partial charge >= 0.3 is 0 Å². The number of hydrogen-bond donors (Lipinski definition) is 1. The van der Waals surface area contributed by atoms with Crippen molar-refractivity contribution in [3.05, 3.63) is 41.4 Å². The number of hydrogen-bond acceptors (Lipinski definition) is 3. The molecule has 0 bridgehead atoms. The number of oxazole rings is 1. The van der Waals surface area contributed by atoms with Gasteiger partial charge in [-0.15, -0.1) is 0 Å². The van der Waals surface area contributed by atoms with E-state index in [1.54, 1.807) is 0 Å². The van der Waals surface area contributed by atoms with Crippen LogP contribution in [0.15, 0.2) is 28.7 Å². The van der Waals surface area contributed by atoms with Crippen LogP contribution in [0.2, 0.25) is 0 Å². The molecule has 0 spiro atoms. The van der Waals surface area contributed by atoms with Gasteiger partial charge in [-0.2, -0.15) is 0 Å². The van der Waals surface area contributed by atoms with Gasteiger partial charge < -0.3 is 10.2 Å². The normalized spacial score (nSPS) is 10.8. The summed E-state index contributed by atoms with van der Waals surface area (Å²) in [5.41, 5.74) is 8.87. The lowest BCUT2D eigenvalue weighted by atomic mass is 10.0. The Labute approximate surface area is 108 Å². The third kappa shape index (κ3) is 2.79. The number of nitrogens with zero attached hydrogens (tertiary/aromatic N) is 1. The molecule has 1 aromatic heterocycles. The van der Waals surface area contributed by atoms with Crippen LogP contribution in [0, 0.1) is 6.92 Å². The maximum absolute atomic E-state index is 5.63. The Bertz CT molecular complexity index is 500. The first-order valence-corrected chi connectivity index (χ1v) is 6.50. The molecule has 0 amide bonds. The van der Waals surface area contributed by atoms with Crippen molar-refractivity contribution in [2.75, 3.05) is 0 Å². The van der Waals surface area contributed by atoms with Gasteiger partial charge in [0.05, 0.1) is 12.2 Å². The number of benzene rings is 1. The second-order valence-corrected chi connectivity index (χ2v) is 4.53. The van der Waals surface area contributed by atoms with Gasteiger partial charge in [0, 0.05) is 5.56 Å². The van der Waals surface area contributed by atoms with Gasteiger partial charge in [-0.25, -0.2) is 4.98 Å². The standard InChI is InChI=1S/C15H20N2O/c1-3-4-5-12-6-8-13(9-7-12)15-11(2)17-14(10-16)18-15/h6-9H,3-5,10,16H2,1-2H3. The summed E-state index contributed by atoms with van der Waals surface area (Å²) in [6, 6.07) is 8.52. The number of unbranched alkanes of at least 4 members (excludes halogenated alkanes) is 1. The Morgan fingerprint density at radius 1 is 1.22 bits per heavy atom. The predicted molar refractivity (Wildman–Crippen MR) is 73.2 cm³/mol. The zero-order valence-electron chi connectivity index (χ0n) is 11.1. The van der Waals surface area contributed by atoms with Gasteiger partial charge in [-0.05, 0) is 25.3 Å². The highest BCUT2D eigenvalue weighted by molar-refractivity contribution is 5.60. The van der Waals surface area contributed by atoms with E-state index >= 15 is 0 Å². The molecule has 0 fully saturated rings. The van der Waals surface area contributed by atoms with Gasteiger partial charge in [0.15, 0.2) is 5.76 Å². The Morgan fingerprint density at radius 2 is 1.94 bits per heavy atom. The van der Waals surface area contributed by atoms with Crippen LogP contribution in [-0.2, 0) is 13.0 Å². The number of aryl methyl sites for hydroxylation is 2. The van der Waals surface area contributed by atoms with Crippen LogP contribution in [0.25, 0.3) is 11.3 Å². The summed E-state index contributed by atoms with van der Waals surface area (Å²) >= 11 is 0. The van der Waals surface area contributed by atoms with E-state index in [1.807, 2.05) is 6.92 Å². The van der Waals surface area contributed by atoms with Crippen LogP contribution in [0.4, 0.5) is 0 Å². The van der Waals surface area contributed by atoms with Crippen LogP contribution in [0.3, 0.4) is 0 Å². The SMILES string of the molecule is CCCCc1ccc(-c2oc(CN)nc2C)cc1. The van der Waals surface area contributed by atoms with Crippen molar-refractivity contribution >= 4 is 0 Å². The third-order valence-electron chi connectivity index (χ3n) is 3.05. The van der Waals surface area contributed by atoms with E-state index in [0.717, 1.165) is 23.4 Å². The fourth-order valence-corrected chi connectivity index (χ4v) is 2.01. The lowest BCUT2D eigenvalue weighted by Crippen LogP contribution is -1.95. The van der Waals surface area contributed by atoms with E-state index in [4.69, 9.17) is 10.2 Å². The Morgan fingerprint density at radius 3 is 2.50 bits per heavy atom. The zero-order valence-corrected chi connectivity index (χ0v) is 11.1. The first-order valence-electron chi connectivity index (χ1n) is 6.50. The summed E-state index contributed by atoms with van der Waals surface area (Å²) in [4.78, 5) is 4.29. The van der Waals surface area contributed by atoms with E-state index < -0.39 is 0 Å². The molecule has 0 radical (unpaired) electrons. The van der Waals surface area contributed by atoms with E-state index in [9.17, 15) is 0 Å². The van der Waals surface area contributed by atoms with Crippen molar-refractivity contribution in [2.45, 2.75) is 39.7 Å². The molecule has 1 heterocycles. The molecule has 0 saturated carbocycles. The molecule has 2 N–H and O–H groups in total. The minimum absolute atomic E-state index is 0.343. The van der Waals surface area contributed by atoms with Crippen molar-refractivity contribution < 1.29 is 4.42 Å². The summed E-state index contributed by atoms with van der Waals surface area (Å²) < 4.78 is 5.63. The highest BCUT2D eigenvalue weighted by Gasteiger charge is 2.10. The predicted octanol–water partition coefficient (Wildman–Crippen LogP) is 3.45. The summed E-state index contributed by atoms with van der Waals surface area (Å²) in [5.74, 6) is 1.43. The van der Waals surface area contributed by atoms with Crippen LogP contribution in [0.5, 0.6) is 0 Å².